The molecule has 0 spiro atoms. The van der Waals surface area contributed by atoms with Crippen molar-refractivity contribution in [1.82, 2.24) is 0 Å². The van der Waals surface area contributed by atoms with Gasteiger partial charge in [-0.3, -0.25) is 0 Å². The van der Waals surface area contributed by atoms with E-state index in [4.69, 9.17) is 0 Å². The number of thiophene rings is 2. The van der Waals surface area contributed by atoms with E-state index in [0.29, 0.717) is 0 Å². The third-order valence-corrected chi connectivity index (χ3v) is 15.6. The number of thioether (sulfide) groups is 2. The van der Waals surface area contributed by atoms with E-state index in [1.807, 2.05) is 70.5 Å². The Morgan fingerprint density at radius 3 is 1.15 bits per heavy atom. The zero-order valence-electron chi connectivity index (χ0n) is 36.9. The maximum absolute atomic E-state index is 3.92. The molecule has 4 nitrogen and oxygen atoms in total. The lowest BCUT2D eigenvalue weighted by Gasteiger charge is -2.25. The summed E-state index contributed by atoms with van der Waals surface area (Å²) in [4.78, 5) is 10.6. The lowest BCUT2D eigenvalue weighted by Crippen LogP contribution is -2.35. The topological polar surface area (TPSA) is 14.2 Å². The summed E-state index contributed by atoms with van der Waals surface area (Å²) in [6.07, 6.45) is 26.6. The molecule has 4 aromatic heterocycles. The van der Waals surface area contributed by atoms with E-state index >= 15 is 0 Å². The van der Waals surface area contributed by atoms with Crippen molar-refractivity contribution in [2.45, 2.75) is 99.9 Å². The van der Waals surface area contributed by atoms with Crippen LogP contribution in [-0.2, 0) is 13.1 Å². The lowest BCUT2D eigenvalue weighted by molar-refractivity contribution is -0.660. The van der Waals surface area contributed by atoms with Crippen molar-refractivity contribution in [3.8, 4) is 0 Å². The Bertz CT molecular complexity index is 2080. The molecular formula is C54H68N4S4+2. The van der Waals surface area contributed by atoms with Gasteiger partial charge in [0.15, 0.2) is 25.5 Å². The smallest absolute Gasteiger partial charge is 0.271 e. The SMILES string of the molecule is C=CCCCCN(CCCCC=C)c1cc[n+](Cc2ccc(SCCSc3ccc(C[n+]4ccc(N(CCCCC=C)CCCCC=C)c5ccsc54)cc3)cc2)c2sccc12. The number of pyridine rings is 2. The molecule has 0 saturated heterocycles. The minimum atomic E-state index is 0.876. The third-order valence-electron chi connectivity index (χ3n) is 11.4. The van der Waals surface area contributed by atoms with Crippen molar-refractivity contribution >= 4 is 78.0 Å². The molecule has 0 radical (unpaired) electrons. The molecule has 4 heterocycles. The molecule has 6 rings (SSSR count). The van der Waals surface area contributed by atoms with Gasteiger partial charge >= 0.3 is 0 Å². The normalized spacial score (nSPS) is 11.3. The fraction of sp³-hybridized carbons (Fsp3) is 0.370. The molecule has 0 bridgehead atoms. The molecule has 0 atom stereocenters. The van der Waals surface area contributed by atoms with Crippen molar-refractivity contribution in [1.29, 1.82) is 0 Å². The summed E-state index contributed by atoms with van der Waals surface area (Å²) in [7, 11) is 0. The average Bonchev–Trinajstić information content (AvgIpc) is 4.01. The van der Waals surface area contributed by atoms with Gasteiger partial charge < -0.3 is 9.80 Å². The van der Waals surface area contributed by atoms with Gasteiger partial charge in [-0.25, -0.2) is 0 Å². The molecular weight excluding hydrogens is 833 g/mol. The molecule has 0 unspecified atom stereocenters. The second kappa shape index (κ2) is 26.5. The standard InChI is InChI=1S/C54H68N4S4/c1-5-9-13-17-33-55(34-18-14-10-6-2)51-29-37-57(53-49(51)31-39-61-53)43-45-21-25-47(26-22-45)59-41-42-60-48-27-23-46(24-28-48)44-58-38-30-52(50-32-40-62-54(50)58)56(35-19-15-11-7-3)36-20-16-12-8-4/h5-8,21-32,37-40H,1-4,9-20,33-36,41-44H2/q+2. The predicted molar refractivity (Wildman–Crippen MR) is 277 cm³/mol. The van der Waals surface area contributed by atoms with Crippen LogP contribution in [0.25, 0.3) is 20.4 Å². The van der Waals surface area contributed by atoms with Gasteiger partial charge in [-0.05, 0) is 124 Å². The van der Waals surface area contributed by atoms with Gasteiger partial charge in [-0.1, -0.05) is 71.2 Å². The van der Waals surface area contributed by atoms with E-state index in [-0.39, 0.29) is 0 Å². The summed E-state index contributed by atoms with van der Waals surface area (Å²) in [5.74, 6) is 2.15. The molecule has 326 valence electrons. The van der Waals surface area contributed by atoms with Crippen LogP contribution >= 0.6 is 46.2 Å². The number of hydrogen-bond acceptors (Lipinski definition) is 6. The highest BCUT2D eigenvalue weighted by Gasteiger charge is 2.20. The molecule has 0 saturated carbocycles. The summed E-state index contributed by atoms with van der Waals surface area (Å²) in [6, 6.07) is 27.8. The fourth-order valence-electron chi connectivity index (χ4n) is 8.04. The summed E-state index contributed by atoms with van der Waals surface area (Å²) in [5, 5.41) is 7.24. The quantitative estimate of drug-likeness (QED) is 0.0187. The van der Waals surface area contributed by atoms with Gasteiger partial charge in [-0.2, -0.15) is 9.13 Å². The summed E-state index contributed by atoms with van der Waals surface area (Å²) >= 11 is 7.60. The summed E-state index contributed by atoms with van der Waals surface area (Å²) in [5.41, 5.74) is 5.41. The number of rotatable bonds is 31. The molecule has 0 aliphatic rings. The molecule has 0 N–H and O–H groups in total. The predicted octanol–water partition coefficient (Wildman–Crippen LogP) is 14.7. The second-order valence-corrected chi connectivity index (χ2v) is 20.2. The number of benzene rings is 2. The highest BCUT2D eigenvalue weighted by atomic mass is 32.2. The molecule has 8 heteroatoms. The Morgan fingerprint density at radius 1 is 0.452 bits per heavy atom. The van der Waals surface area contributed by atoms with Crippen LogP contribution in [0.2, 0.25) is 0 Å². The summed E-state index contributed by atoms with van der Waals surface area (Å²) < 4.78 is 4.85. The van der Waals surface area contributed by atoms with Gasteiger partial charge in [0.1, 0.15) is 0 Å². The van der Waals surface area contributed by atoms with Gasteiger partial charge in [0.25, 0.3) is 9.66 Å². The Labute approximate surface area is 389 Å². The first-order valence-corrected chi connectivity index (χ1v) is 26.5. The first kappa shape index (κ1) is 47.4. The zero-order chi connectivity index (χ0) is 43.2. The monoisotopic (exact) mass is 900 g/mol. The van der Waals surface area contributed by atoms with Crippen molar-refractivity contribution < 1.29 is 9.13 Å². The van der Waals surface area contributed by atoms with Crippen molar-refractivity contribution in [2.24, 2.45) is 0 Å². The second-order valence-electron chi connectivity index (χ2n) is 16.0. The van der Waals surface area contributed by atoms with Crippen molar-refractivity contribution in [2.75, 3.05) is 47.5 Å². The van der Waals surface area contributed by atoms with Gasteiger partial charge in [0.2, 0.25) is 0 Å². The number of hydrogen-bond donors (Lipinski definition) is 0. The molecule has 0 amide bonds. The van der Waals surface area contributed by atoms with E-state index in [0.717, 1.165) is 76.5 Å². The van der Waals surface area contributed by atoms with Crippen LogP contribution in [0.5, 0.6) is 0 Å². The largest absolute Gasteiger partial charge is 0.371 e. The van der Waals surface area contributed by atoms with E-state index in [2.05, 4.69) is 141 Å². The molecule has 0 fully saturated rings. The maximum atomic E-state index is 3.92. The van der Waals surface area contributed by atoms with Crippen LogP contribution in [-0.4, -0.2) is 37.7 Å². The first-order valence-electron chi connectivity index (χ1n) is 22.8. The highest BCUT2D eigenvalue weighted by Crippen LogP contribution is 2.31. The molecule has 2 aromatic carbocycles. The Balaban J connectivity index is 0.985. The number of aromatic nitrogens is 2. The van der Waals surface area contributed by atoms with Crippen LogP contribution in [0.3, 0.4) is 0 Å². The molecule has 6 aromatic rings. The minimum absolute atomic E-state index is 0.876. The van der Waals surface area contributed by atoms with E-state index in [1.165, 1.54) is 104 Å². The number of allylic oxidation sites excluding steroid dienone is 4. The van der Waals surface area contributed by atoms with Gasteiger partial charge in [0, 0.05) is 70.7 Å². The molecule has 0 aliphatic carbocycles. The van der Waals surface area contributed by atoms with Crippen LogP contribution in [0.15, 0.2) is 156 Å². The number of anilines is 2. The fourth-order valence-corrected chi connectivity index (χ4v) is 11.6. The minimum Gasteiger partial charge on any atom is -0.371 e. The van der Waals surface area contributed by atoms with Crippen LogP contribution < -0.4 is 18.9 Å². The van der Waals surface area contributed by atoms with Gasteiger partial charge in [0.05, 0.1) is 22.1 Å². The Hall–Kier alpha value is -4.08. The van der Waals surface area contributed by atoms with E-state index < -0.39 is 0 Å². The van der Waals surface area contributed by atoms with E-state index in [1.54, 1.807) is 0 Å². The van der Waals surface area contributed by atoms with Crippen LogP contribution in [0.4, 0.5) is 11.4 Å². The van der Waals surface area contributed by atoms with Crippen molar-refractivity contribution in [3.63, 3.8) is 0 Å². The number of fused-ring (bicyclic) bond motifs is 2. The third kappa shape index (κ3) is 14.2. The average molecular weight is 901 g/mol. The highest BCUT2D eigenvalue weighted by molar-refractivity contribution is 8.03. The number of nitrogens with zero attached hydrogens (tertiary/aromatic N) is 4. The van der Waals surface area contributed by atoms with Crippen molar-refractivity contribution in [3.05, 3.63) is 158 Å². The van der Waals surface area contributed by atoms with Crippen LogP contribution in [0, 0.1) is 0 Å². The molecule has 0 aliphatic heterocycles. The summed E-state index contributed by atoms with van der Waals surface area (Å²) in [6.45, 7) is 21.8. The maximum Gasteiger partial charge on any atom is 0.271 e. The zero-order valence-corrected chi connectivity index (χ0v) is 40.2. The van der Waals surface area contributed by atoms with Gasteiger partial charge in [-0.15, -0.1) is 49.8 Å². The number of unbranched alkanes of at least 4 members (excludes halogenated alkanes) is 8. The first-order chi connectivity index (χ1) is 30.6. The Morgan fingerprint density at radius 2 is 0.806 bits per heavy atom. The van der Waals surface area contributed by atoms with Crippen LogP contribution in [0.1, 0.15) is 88.2 Å². The lowest BCUT2D eigenvalue weighted by atomic mass is 10.1. The Kier molecular flexibility index (Phi) is 20.3. The van der Waals surface area contributed by atoms with E-state index in [9.17, 15) is 0 Å². The molecule has 62 heavy (non-hydrogen) atoms.